The SMILES string of the molecule is C=Cc1ccccc1-c1ccc2c(c1)C(C(=O)O)C1(CCCC1)N(Cc1ccc(C(F)(F)F)c(F)c1)C2=O. The van der Waals surface area contributed by atoms with Gasteiger partial charge in [-0.1, -0.05) is 61.9 Å². The molecule has 4 nitrogen and oxygen atoms in total. The number of halogens is 4. The minimum atomic E-state index is -4.84. The predicted octanol–water partition coefficient (Wildman–Crippen LogP) is 7.29. The lowest BCUT2D eigenvalue weighted by Crippen LogP contribution is -2.58. The van der Waals surface area contributed by atoms with Crippen molar-refractivity contribution in [2.75, 3.05) is 0 Å². The summed E-state index contributed by atoms with van der Waals surface area (Å²) in [7, 11) is 0. The summed E-state index contributed by atoms with van der Waals surface area (Å²) in [5.41, 5.74) is 0.809. The van der Waals surface area contributed by atoms with Gasteiger partial charge in [0, 0.05) is 12.1 Å². The van der Waals surface area contributed by atoms with E-state index in [1.54, 1.807) is 24.3 Å². The van der Waals surface area contributed by atoms with Gasteiger partial charge < -0.3 is 10.0 Å². The summed E-state index contributed by atoms with van der Waals surface area (Å²) in [6.07, 6.45) is -0.895. The van der Waals surface area contributed by atoms with E-state index in [9.17, 15) is 32.3 Å². The number of aliphatic carboxylic acids is 1. The van der Waals surface area contributed by atoms with Crippen molar-refractivity contribution in [1.82, 2.24) is 4.90 Å². The number of benzene rings is 3. The van der Waals surface area contributed by atoms with Crippen molar-refractivity contribution in [3.63, 3.8) is 0 Å². The largest absolute Gasteiger partial charge is 0.481 e. The molecule has 1 heterocycles. The molecule has 0 aromatic heterocycles. The zero-order valence-electron chi connectivity index (χ0n) is 20.4. The molecule has 1 atom stereocenters. The van der Waals surface area contributed by atoms with E-state index < -0.39 is 40.9 Å². The van der Waals surface area contributed by atoms with Gasteiger partial charge in [-0.25, -0.2) is 4.39 Å². The zero-order chi connectivity index (χ0) is 27.2. The summed E-state index contributed by atoms with van der Waals surface area (Å²) in [4.78, 5) is 28.1. The Bertz CT molecular complexity index is 1440. The number of carbonyl (C=O) groups is 2. The van der Waals surface area contributed by atoms with E-state index in [2.05, 4.69) is 6.58 Å². The molecular weight excluding hydrogens is 498 g/mol. The average Bonchev–Trinajstić information content (AvgIpc) is 3.35. The number of amides is 1. The molecule has 1 unspecified atom stereocenters. The molecule has 0 saturated heterocycles. The maximum atomic E-state index is 14.4. The Morgan fingerprint density at radius 3 is 2.39 bits per heavy atom. The average molecular weight is 524 g/mol. The second-order valence-electron chi connectivity index (χ2n) is 9.88. The Balaban J connectivity index is 1.63. The summed E-state index contributed by atoms with van der Waals surface area (Å²) in [6, 6.07) is 15.2. The highest BCUT2D eigenvalue weighted by Crippen LogP contribution is 2.51. The van der Waals surface area contributed by atoms with Crippen molar-refractivity contribution in [2.24, 2.45) is 0 Å². The van der Waals surface area contributed by atoms with Crippen LogP contribution in [0.2, 0.25) is 0 Å². The Hall–Kier alpha value is -3.94. The van der Waals surface area contributed by atoms with E-state index in [-0.39, 0.29) is 17.7 Å². The highest BCUT2D eigenvalue weighted by atomic mass is 19.4. The van der Waals surface area contributed by atoms with E-state index in [4.69, 9.17) is 0 Å². The molecule has 3 aromatic rings. The van der Waals surface area contributed by atoms with Crippen LogP contribution in [0.1, 0.15) is 64.2 Å². The Kier molecular flexibility index (Phi) is 6.37. The number of alkyl halides is 3. The highest BCUT2D eigenvalue weighted by Gasteiger charge is 2.56. The van der Waals surface area contributed by atoms with Crippen molar-refractivity contribution in [2.45, 2.75) is 49.9 Å². The lowest BCUT2D eigenvalue weighted by atomic mass is 9.70. The highest BCUT2D eigenvalue weighted by molar-refractivity contribution is 6.01. The molecule has 1 aliphatic carbocycles. The Morgan fingerprint density at radius 2 is 1.76 bits per heavy atom. The first-order valence-corrected chi connectivity index (χ1v) is 12.3. The molecule has 8 heteroatoms. The normalized spacial score (nSPS) is 18.5. The molecule has 0 radical (unpaired) electrons. The van der Waals surface area contributed by atoms with Crippen LogP contribution in [0.4, 0.5) is 17.6 Å². The lowest BCUT2D eigenvalue weighted by molar-refractivity contribution is -0.143. The van der Waals surface area contributed by atoms with E-state index >= 15 is 0 Å². The van der Waals surface area contributed by atoms with E-state index in [0.717, 1.165) is 28.8 Å². The fourth-order valence-electron chi connectivity index (χ4n) is 6.10. The fraction of sp³-hybridized carbons (Fsp3) is 0.267. The summed E-state index contributed by atoms with van der Waals surface area (Å²) < 4.78 is 53.6. The van der Waals surface area contributed by atoms with E-state index in [1.165, 1.54) is 4.90 Å². The van der Waals surface area contributed by atoms with Crippen LogP contribution in [0, 0.1) is 5.82 Å². The van der Waals surface area contributed by atoms with Crippen molar-refractivity contribution in [3.8, 4) is 11.1 Å². The number of rotatable bonds is 5. The van der Waals surface area contributed by atoms with Crippen LogP contribution in [0.5, 0.6) is 0 Å². The molecule has 1 amide bonds. The first-order valence-electron chi connectivity index (χ1n) is 12.3. The van der Waals surface area contributed by atoms with Gasteiger partial charge in [-0.2, -0.15) is 13.2 Å². The van der Waals surface area contributed by atoms with Gasteiger partial charge in [0.05, 0.1) is 11.1 Å². The number of nitrogens with zero attached hydrogens (tertiary/aromatic N) is 1. The number of hydrogen-bond acceptors (Lipinski definition) is 2. The molecule has 196 valence electrons. The monoisotopic (exact) mass is 523 g/mol. The first-order chi connectivity index (χ1) is 18.1. The molecule has 5 rings (SSSR count). The van der Waals surface area contributed by atoms with Crippen molar-refractivity contribution < 1.29 is 32.3 Å². The fourth-order valence-corrected chi connectivity index (χ4v) is 6.10. The predicted molar refractivity (Wildman–Crippen MR) is 135 cm³/mol. The van der Waals surface area contributed by atoms with Crippen LogP contribution < -0.4 is 0 Å². The Morgan fingerprint density at radius 1 is 1.05 bits per heavy atom. The van der Waals surface area contributed by atoms with Gasteiger partial charge in [-0.15, -0.1) is 0 Å². The van der Waals surface area contributed by atoms with Crippen LogP contribution in [-0.2, 0) is 17.5 Å². The number of carboxylic acids is 1. The molecule has 1 spiro atoms. The zero-order valence-corrected chi connectivity index (χ0v) is 20.4. The Labute approximate surface area is 217 Å². The standard InChI is InChI=1S/C30H25F4NO3/c1-2-19-7-3-4-8-21(19)20-10-11-22-23(16-20)26(28(37)38)29(13-5-6-14-29)35(27(22)36)17-18-9-12-24(25(31)15-18)30(32,33)34/h2-4,7-12,15-16,26H,1,5-6,13-14,17H2,(H,37,38). The third-order valence-electron chi connectivity index (χ3n) is 7.80. The second kappa shape index (κ2) is 9.42. The van der Waals surface area contributed by atoms with Gasteiger partial charge in [0.25, 0.3) is 5.91 Å². The van der Waals surface area contributed by atoms with Gasteiger partial charge in [0.1, 0.15) is 11.7 Å². The third kappa shape index (κ3) is 4.18. The smallest absolute Gasteiger partial charge is 0.419 e. The van der Waals surface area contributed by atoms with Crippen LogP contribution in [-0.4, -0.2) is 27.4 Å². The van der Waals surface area contributed by atoms with Crippen molar-refractivity contribution in [1.29, 1.82) is 0 Å². The number of fused-ring (bicyclic) bond motifs is 1. The van der Waals surface area contributed by atoms with Crippen LogP contribution >= 0.6 is 0 Å². The first kappa shape index (κ1) is 25.7. The molecule has 1 saturated carbocycles. The van der Waals surface area contributed by atoms with Crippen LogP contribution in [0.15, 0.2) is 67.2 Å². The molecular formula is C30H25F4NO3. The van der Waals surface area contributed by atoms with Gasteiger partial charge in [-0.05, 0) is 64.9 Å². The maximum absolute atomic E-state index is 14.4. The number of carboxylic acid groups (broad SMARTS) is 1. The van der Waals surface area contributed by atoms with Crippen molar-refractivity contribution >= 4 is 18.0 Å². The minimum Gasteiger partial charge on any atom is -0.481 e. The topological polar surface area (TPSA) is 57.6 Å². The third-order valence-corrected chi connectivity index (χ3v) is 7.80. The van der Waals surface area contributed by atoms with Gasteiger partial charge in [0.15, 0.2) is 0 Å². The molecule has 1 fully saturated rings. The van der Waals surface area contributed by atoms with Crippen LogP contribution in [0.25, 0.3) is 17.2 Å². The molecule has 38 heavy (non-hydrogen) atoms. The summed E-state index contributed by atoms with van der Waals surface area (Å²) in [6.45, 7) is 3.65. The summed E-state index contributed by atoms with van der Waals surface area (Å²) in [5, 5.41) is 10.5. The van der Waals surface area contributed by atoms with Gasteiger partial charge >= 0.3 is 12.1 Å². The van der Waals surface area contributed by atoms with E-state index in [0.29, 0.717) is 37.3 Å². The van der Waals surface area contributed by atoms with Gasteiger partial charge in [0.2, 0.25) is 0 Å². The molecule has 3 aromatic carbocycles. The summed E-state index contributed by atoms with van der Waals surface area (Å²) in [5.74, 6) is -3.98. The number of carbonyl (C=O) groups excluding carboxylic acids is 1. The molecule has 1 aliphatic heterocycles. The second-order valence-corrected chi connectivity index (χ2v) is 9.88. The molecule has 2 aliphatic rings. The lowest BCUT2D eigenvalue weighted by Gasteiger charge is -2.49. The van der Waals surface area contributed by atoms with Crippen molar-refractivity contribution in [3.05, 3.63) is 101 Å². The molecule has 1 N–H and O–H groups in total. The minimum absolute atomic E-state index is 0.166. The van der Waals surface area contributed by atoms with Crippen LogP contribution in [0.3, 0.4) is 0 Å². The summed E-state index contributed by atoms with van der Waals surface area (Å²) >= 11 is 0. The van der Waals surface area contributed by atoms with E-state index in [1.807, 2.05) is 24.3 Å². The molecule has 0 bridgehead atoms. The number of hydrogen-bond donors (Lipinski definition) is 1. The maximum Gasteiger partial charge on any atom is 0.419 e. The van der Waals surface area contributed by atoms with Gasteiger partial charge in [-0.3, -0.25) is 9.59 Å². The quantitative estimate of drug-likeness (QED) is 0.357.